The highest BCUT2D eigenvalue weighted by atomic mass is 16.3. The van der Waals surface area contributed by atoms with Crippen LogP contribution < -0.4 is 10.6 Å². The standard InChI is InChI=1S/C12H20N2O/c1-10(11-8-14-9-11)7-13-5-4-12-3-2-6-15-12/h2-3,6,10-11,13-14H,4-5,7-9H2,1H3. The Labute approximate surface area is 91.2 Å². The molecule has 0 bridgehead atoms. The molecule has 0 aromatic carbocycles. The molecule has 0 aliphatic carbocycles. The first-order chi connectivity index (χ1) is 7.36. The molecule has 84 valence electrons. The quantitative estimate of drug-likeness (QED) is 0.691. The maximum atomic E-state index is 5.27. The maximum absolute atomic E-state index is 5.27. The van der Waals surface area contributed by atoms with Gasteiger partial charge in [0.2, 0.25) is 0 Å². The Bertz CT molecular complexity index is 267. The van der Waals surface area contributed by atoms with Gasteiger partial charge in [-0.05, 0) is 43.6 Å². The zero-order chi connectivity index (χ0) is 10.5. The highest BCUT2D eigenvalue weighted by molar-refractivity contribution is 4.98. The first-order valence-electron chi connectivity index (χ1n) is 5.80. The summed E-state index contributed by atoms with van der Waals surface area (Å²) in [4.78, 5) is 0. The first kappa shape index (κ1) is 10.7. The second-order valence-corrected chi connectivity index (χ2v) is 4.43. The summed E-state index contributed by atoms with van der Waals surface area (Å²) in [5, 5.41) is 6.80. The molecule has 1 aromatic rings. The van der Waals surface area contributed by atoms with Gasteiger partial charge in [0, 0.05) is 13.0 Å². The molecule has 15 heavy (non-hydrogen) atoms. The fourth-order valence-corrected chi connectivity index (χ4v) is 1.88. The molecule has 0 spiro atoms. The van der Waals surface area contributed by atoms with Gasteiger partial charge in [0.1, 0.15) is 5.76 Å². The van der Waals surface area contributed by atoms with E-state index in [4.69, 9.17) is 4.42 Å². The molecule has 2 rings (SSSR count). The zero-order valence-corrected chi connectivity index (χ0v) is 9.33. The minimum atomic E-state index is 0.780. The summed E-state index contributed by atoms with van der Waals surface area (Å²) in [6, 6.07) is 3.97. The second-order valence-electron chi connectivity index (χ2n) is 4.43. The Morgan fingerprint density at radius 3 is 3.07 bits per heavy atom. The van der Waals surface area contributed by atoms with Crippen LogP contribution in [0.2, 0.25) is 0 Å². The van der Waals surface area contributed by atoms with Crippen LogP contribution in [0.15, 0.2) is 22.8 Å². The molecule has 1 saturated heterocycles. The van der Waals surface area contributed by atoms with Crippen LogP contribution >= 0.6 is 0 Å². The molecule has 0 amide bonds. The fourth-order valence-electron chi connectivity index (χ4n) is 1.88. The average molecular weight is 208 g/mol. The molecular weight excluding hydrogens is 188 g/mol. The molecule has 2 N–H and O–H groups in total. The van der Waals surface area contributed by atoms with Crippen molar-refractivity contribution in [3.8, 4) is 0 Å². The molecule has 1 unspecified atom stereocenters. The SMILES string of the molecule is CC(CNCCc1ccco1)C1CNC1. The van der Waals surface area contributed by atoms with E-state index >= 15 is 0 Å². The molecule has 2 heterocycles. The third kappa shape index (κ3) is 3.08. The van der Waals surface area contributed by atoms with Crippen LogP contribution in [0.5, 0.6) is 0 Å². The predicted octanol–water partition coefficient (Wildman–Crippen LogP) is 1.27. The molecular formula is C12H20N2O. The molecule has 0 saturated carbocycles. The van der Waals surface area contributed by atoms with Gasteiger partial charge >= 0.3 is 0 Å². The van der Waals surface area contributed by atoms with Gasteiger partial charge in [-0.3, -0.25) is 0 Å². The van der Waals surface area contributed by atoms with Crippen LogP contribution in [-0.2, 0) is 6.42 Å². The van der Waals surface area contributed by atoms with Gasteiger partial charge < -0.3 is 15.1 Å². The monoisotopic (exact) mass is 208 g/mol. The largest absolute Gasteiger partial charge is 0.469 e. The molecule has 1 aliphatic rings. The van der Waals surface area contributed by atoms with Crippen molar-refractivity contribution < 1.29 is 4.42 Å². The Kier molecular flexibility index (Phi) is 3.80. The topological polar surface area (TPSA) is 37.2 Å². The van der Waals surface area contributed by atoms with Crippen LogP contribution in [-0.4, -0.2) is 26.2 Å². The third-order valence-corrected chi connectivity index (χ3v) is 3.21. The second kappa shape index (κ2) is 5.33. The van der Waals surface area contributed by atoms with Gasteiger partial charge in [-0.25, -0.2) is 0 Å². The van der Waals surface area contributed by atoms with Crippen LogP contribution in [0.3, 0.4) is 0 Å². The molecule has 3 heteroatoms. The molecule has 1 fully saturated rings. The van der Waals surface area contributed by atoms with Crippen molar-refractivity contribution in [2.24, 2.45) is 11.8 Å². The number of furan rings is 1. The van der Waals surface area contributed by atoms with Crippen molar-refractivity contribution in [1.29, 1.82) is 0 Å². The number of hydrogen-bond donors (Lipinski definition) is 2. The normalized spacial score (nSPS) is 18.7. The molecule has 3 nitrogen and oxygen atoms in total. The van der Waals surface area contributed by atoms with Gasteiger partial charge in [-0.15, -0.1) is 0 Å². The van der Waals surface area contributed by atoms with E-state index < -0.39 is 0 Å². The fraction of sp³-hybridized carbons (Fsp3) is 0.667. The summed E-state index contributed by atoms with van der Waals surface area (Å²) in [5.41, 5.74) is 0. The van der Waals surface area contributed by atoms with Crippen molar-refractivity contribution in [1.82, 2.24) is 10.6 Å². The van der Waals surface area contributed by atoms with Crippen molar-refractivity contribution in [2.45, 2.75) is 13.3 Å². The minimum Gasteiger partial charge on any atom is -0.469 e. The lowest BCUT2D eigenvalue weighted by molar-refractivity contribution is 0.243. The van der Waals surface area contributed by atoms with Crippen molar-refractivity contribution in [2.75, 3.05) is 26.2 Å². The summed E-state index contributed by atoms with van der Waals surface area (Å²) < 4.78 is 5.27. The number of rotatable bonds is 6. The lowest BCUT2D eigenvalue weighted by atomic mass is 9.89. The molecule has 0 radical (unpaired) electrons. The molecule has 1 atom stereocenters. The van der Waals surface area contributed by atoms with Gasteiger partial charge in [0.05, 0.1) is 6.26 Å². The maximum Gasteiger partial charge on any atom is 0.105 e. The van der Waals surface area contributed by atoms with Crippen LogP contribution in [0.25, 0.3) is 0 Å². The summed E-state index contributed by atoms with van der Waals surface area (Å²) in [7, 11) is 0. The molecule has 1 aromatic heterocycles. The Balaban J connectivity index is 1.54. The highest BCUT2D eigenvalue weighted by Crippen LogP contribution is 2.14. The Morgan fingerprint density at radius 1 is 1.60 bits per heavy atom. The van der Waals surface area contributed by atoms with E-state index in [1.54, 1.807) is 6.26 Å². The first-order valence-corrected chi connectivity index (χ1v) is 5.80. The van der Waals surface area contributed by atoms with Gasteiger partial charge in [-0.1, -0.05) is 6.92 Å². The highest BCUT2D eigenvalue weighted by Gasteiger charge is 2.22. The van der Waals surface area contributed by atoms with Crippen LogP contribution in [0, 0.1) is 11.8 Å². The van der Waals surface area contributed by atoms with E-state index in [-0.39, 0.29) is 0 Å². The molecule has 1 aliphatic heterocycles. The summed E-state index contributed by atoms with van der Waals surface area (Å²) >= 11 is 0. The van der Waals surface area contributed by atoms with Gasteiger partial charge in [0.15, 0.2) is 0 Å². The average Bonchev–Trinajstić information content (AvgIpc) is 2.62. The van der Waals surface area contributed by atoms with E-state index in [9.17, 15) is 0 Å². The third-order valence-electron chi connectivity index (χ3n) is 3.21. The zero-order valence-electron chi connectivity index (χ0n) is 9.33. The van der Waals surface area contributed by atoms with E-state index in [1.165, 1.54) is 13.1 Å². The van der Waals surface area contributed by atoms with Gasteiger partial charge in [0.25, 0.3) is 0 Å². The van der Waals surface area contributed by atoms with E-state index in [0.29, 0.717) is 0 Å². The Hall–Kier alpha value is -0.800. The van der Waals surface area contributed by atoms with Gasteiger partial charge in [-0.2, -0.15) is 0 Å². The van der Waals surface area contributed by atoms with Crippen LogP contribution in [0.1, 0.15) is 12.7 Å². The smallest absolute Gasteiger partial charge is 0.105 e. The van der Waals surface area contributed by atoms with E-state index in [1.807, 2.05) is 12.1 Å². The summed E-state index contributed by atoms with van der Waals surface area (Å²) in [6.45, 7) is 6.85. The van der Waals surface area contributed by atoms with Crippen molar-refractivity contribution in [3.63, 3.8) is 0 Å². The van der Waals surface area contributed by atoms with Crippen LogP contribution in [0.4, 0.5) is 0 Å². The van der Waals surface area contributed by atoms with Crippen molar-refractivity contribution >= 4 is 0 Å². The summed E-state index contributed by atoms with van der Waals surface area (Å²) in [5.74, 6) is 2.73. The van der Waals surface area contributed by atoms with E-state index in [0.717, 1.165) is 37.1 Å². The Morgan fingerprint density at radius 2 is 2.47 bits per heavy atom. The lowest BCUT2D eigenvalue weighted by Gasteiger charge is -2.32. The van der Waals surface area contributed by atoms with Crippen molar-refractivity contribution in [3.05, 3.63) is 24.2 Å². The lowest BCUT2D eigenvalue weighted by Crippen LogP contribution is -2.47. The summed E-state index contributed by atoms with van der Waals surface area (Å²) in [6.07, 6.45) is 2.72. The minimum absolute atomic E-state index is 0.780. The number of hydrogen-bond acceptors (Lipinski definition) is 3. The number of nitrogens with one attached hydrogen (secondary N) is 2. The van der Waals surface area contributed by atoms with E-state index in [2.05, 4.69) is 17.6 Å². The predicted molar refractivity (Wildman–Crippen MR) is 60.8 cm³/mol.